The highest BCUT2D eigenvalue weighted by Crippen LogP contribution is 2.20. The quantitative estimate of drug-likeness (QED) is 0.534. The Morgan fingerprint density at radius 2 is 1.93 bits per heavy atom. The van der Waals surface area contributed by atoms with Crippen molar-refractivity contribution in [3.63, 3.8) is 0 Å². The standard InChI is InChI=1S/C20H18N2O5/c1-12-9-17(23)19(20(25)27-12)13(2)21-22-18(24)11-26-16-8-7-14-5-3-4-6-15(14)10-16/h3-10,23H,11H2,1-2H3,(H,22,24)/b21-13+. The Kier molecular flexibility index (Phi) is 5.21. The Hall–Kier alpha value is -3.61. The van der Waals surface area contributed by atoms with Crippen LogP contribution in [0.4, 0.5) is 0 Å². The molecule has 0 unspecified atom stereocenters. The lowest BCUT2D eigenvalue weighted by atomic mass is 10.1. The molecule has 0 fully saturated rings. The maximum absolute atomic E-state index is 11.9. The van der Waals surface area contributed by atoms with Gasteiger partial charge in [-0.15, -0.1) is 0 Å². The van der Waals surface area contributed by atoms with Gasteiger partial charge in [0.05, 0.1) is 5.71 Å². The molecular formula is C20H18N2O5. The third-order valence-electron chi connectivity index (χ3n) is 3.85. The molecule has 3 aromatic rings. The number of hydrogen-bond acceptors (Lipinski definition) is 6. The third kappa shape index (κ3) is 4.33. The van der Waals surface area contributed by atoms with E-state index in [0.29, 0.717) is 5.75 Å². The predicted molar refractivity (Wildman–Crippen MR) is 101 cm³/mol. The number of amides is 1. The summed E-state index contributed by atoms with van der Waals surface area (Å²) in [4.78, 5) is 23.8. The Morgan fingerprint density at radius 3 is 2.67 bits per heavy atom. The van der Waals surface area contributed by atoms with Crippen LogP contribution in [-0.4, -0.2) is 23.3 Å². The zero-order valence-corrected chi connectivity index (χ0v) is 14.9. The number of rotatable bonds is 5. The lowest BCUT2D eigenvalue weighted by Crippen LogP contribution is -2.26. The summed E-state index contributed by atoms with van der Waals surface area (Å²) in [5.74, 6) is 0.0772. The first kappa shape index (κ1) is 18.2. The van der Waals surface area contributed by atoms with E-state index in [1.54, 1.807) is 13.0 Å². The number of benzene rings is 2. The number of hydrazone groups is 1. The van der Waals surface area contributed by atoms with E-state index in [9.17, 15) is 14.7 Å². The second-order valence-electron chi connectivity index (χ2n) is 5.93. The average molecular weight is 366 g/mol. The summed E-state index contributed by atoms with van der Waals surface area (Å²) in [7, 11) is 0. The van der Waals surface area contributed by atoms with Crippen LogP contribution < -0.4 is 15.8 Å². The van der Waals surface area contributed by atoms with Crippen LogP contribution in [0, 0.1) is 6.92 Å². The van der Waals surface area contributed by atoms with Crippen LogP contribution in [0.5, 0.6) is 11.5 Å². The summed E-state index contributed by atoms with van der Waals surface area (Å²) >= 11 is 0. The number of nitrogens with one attached hydrogen (secondary N) is 1. The monoisotopic (exact) mass is 366 g/mol. The molecule has 0 saturated carbocycles. The fourth-order valence-corrected chi connectivity index (χ4v) is 2.57. The van der Waals surface area contributed by atoms with Gasteiger partial charge in [-0.1, -0.05) is 30.3 Å². The van der Waals surface area contributed by atoms with E-state index < -0.39 is 11.5 Å². The largest absolute Gasteiger partial charge is 0.507 e. The highest BCUT2D eigenvalue weighted by Gasteiger charge is 2.13. The summed E-state index contributed by atoms with van der Waals surface area (Å²) in [5.41, 5.74) is 1.59. The van der Waals surface area contributed by atoms with Crippen LogP contribution >= 0.6 is 0 Å². The molecule has 0 aliphatic carbocycles. The van der Waals surface area contributed by atoms with E-state index in [1.165, 1.54) is 13.0 Å². The van der Waals surface area contributed by atoms with Crippen molar-refractivity contribution < 1.29 is 19.1 Å². The van der Waals surface area contributed by atoms with Crippen LogP contribution in [0.25, 0.3) is 10.8 Å². The molecule has 2 N–H and O–H groups in total. The Balaban J connectivity index is 1.63. The van der Waals surface area contributed by atoms with E-state index in [1.807, 2.05) is 36.4 Å². The number of nitrogens with zero attached hydrogens (tertiary/aromatic N) is 1. The molecule has 1 aromatic heterocycles. The number of fused-ring (bicyclic) bond motifs is 1. The van der Waals surface area contributed by atoms with Gasteiger partial charge in [0.2, 0.25) is 0 Å². The van der Waals surface area contributed by atoms with Gasteiger partial charge in [0.1, 0.15) is 22.8 Å². The first-order valence-corrected chi connectivity index (χ1v) is 8.23. The minimum atomic E-state index is -0.726. The molecule has 0 saturated heterocycles. The highest BCUT2D eigenvalue weighted by molar-refractivity contribution is 6.01. The van der Waals surface area contributed by atoms with Crippen LogP contribution in [0.3, 0.4) is 0 Å². The van der Waals surface area contributed by atoms with Gasteiger partial charge < -0.3 is 14.3 Å². The number of carbonyl (C=O) groups excluding carboxylic acids is 1. The van der Waals surface area contributed by atoms with Gasteiger partial charge in [0.15, 0.2) is 6.61 Å². The minimum Gasteiger partial charge on any atom is -0.507 e. The topological polar surface area (TPSA) is 101 Å². The first-order valence-electron chi connectivity index (χ1n) is 8.23. The van der Waals surface area contributed by atoms with Crippen LogP contribution in [-0.2, 0) is 4.79 Å². The smallest absolute Gasteiger partial charge is 0.348 e. The van der Waals surface area contributed by atoms with Crippen molar-refractivity contribution in [2.24, 2.45) is 5.10 Å². The fraction of sp³-hybridized carbons (Fsp3) is 0.150. The van der Waals surface area contributed by atoms with Gasteiger partial charge >= 0.3 is 5.63 Å². The molecule has 0 spiro atoms. The fourth-order valence-electron chi connectivity index (χ4n) is 2.57. The molecule has 3 rings (SSSR count). The molecular weight excluding hydrogens is 348 g/mol. The zero-order chi connectivity index (χ0) is 19.4. The van der Waals surface area contributed by atoms with Crippen molar-refractivity contribution in [1.82, 2.24) is 5.43 Å². The van der Waals surface area contributed by atoms with Crippen LogP contribution in [0.2, 0.25) is 0 Å². The Bertz CT molecular complexity index is 1090. The van der Waals surface area contributed by atoms with Crippen molar-refractivity contribution in [3.05, 3.63) is 70.3 Å². The molecule has 0 atom stereocenters. The van der Waals surface area contributed by atoms with E-state index in [4.69, 9.17) is 9.15 Å². The molecule has 7 heteroatoms. The third-order valence-corrected chi connectivity index (χ3v) is 3.85. The number of ether oxygens (including phenoxy) is 1. The van der Waals surface area contributed by atoms with Gasteiger partial charge in [0.25, 0.3) is 5.91 Å². The lowest BCUT2D eigenvalue weighted by Gasteiger charge is -2.07. The predicted octanol–water partition coefficient (Wildman–Crippen LogP) is 2.73. The van der Waals surface area contributed by atoms with Crippen molar-refractivity contribution in [1.29, 1.82) is 0 Å². The summed E-state index contributed by atoms with van der Waals surface area (Å²) in [6.45, 7) is 2.78. The van der Waals surface area contributed by atoms with Gasteiger partial charge in [-0.2, -0.15) is 5.10 Å². The molecule has 0 bridgehead atoms. The van der Waals surface area contributed by atoms with Crippen molar-refractivity contribution in [3.8, 4) is 11.5 Å². The van der Waals surface area contributed by atoms with E-state index in [-0.39, 0.29) is 29.4 Å². The van der Waals surface area contributed by atoms with E-state index in [2.05, 4.69) is 10.5 Å². The van der Waals surface area contributed by atoms with Crippen molar-refractivity contribution >= 4 is 22.4 Å². The zero-order valence-electron chi connectivity index (χ0n) is 14.9. The van der Waals surface area contributed by atoms with Crippen molar-refractivity contribution in [2.45, 2.75) is 13.8 Å². The normalized spacial score (nSPS) is 11.4. The maximum atomic E-state index is 11.9. The minimum absolute atomic E-state index is 0.101. The van der Waals surface area contributed by atoms with Gasteiger partial charge in [-0.3, -0.25) is 4.79 Å². The first-order chi connectivity index (χ1) is 12.9. The second kappa shape index (κ2) is 7.74. The SMILES string of the molecule is C/C(=N\NC(=O)COc1ccc2ccccc2c1)c1c(O)cc(C)oc1=O. The number of aryl methyl sites for hydroxylation is 1. The lowest BCUT2D eigenvalue weighted by molar-refractivity contribution is -0.123. The molecule has 7 nitrogen and oxygen atoms in total. The molecule has 138 valence electrons. The molecule has 1 heterocycles. The van der Waals surface area contributed by atoms with Crippen LogP contribution in [0.1, 0.15) is 18.2 Å². The molecule has 2 aromatic carbocycles. The van der Waals surface area contributed by atoms with Crippen molar-refractivity contribution in [2.75, 3.05) is 6.61 Å². The molecule has 1 amide bonds. The van der Waals surface area contributed by atoms with Gasteiger partial charge in [0, 0.05) is 6.07 Å². The molecule has 27 heavy (non-hydrogen) atoms. The summed E-state index contributed by atoms with van der Waals surface area (Å²) in [6, 6.07) is 14.6. The Labute approximate surface area is 154 Å². The Morgan fingerprint density at radius 1 is 1.19 bits per heavy atom. The number of carbonyl (C=O) groups is 1. The average Bonchev–Trinajstić information content (AvgIpc) is 2.63. The molecule has 0 aliphatic rings. The number of hydrogen-bond donors (Lipinski definition) is 2. The van der Waals surface area contributed by atoms with E-state index in [0.717, 1.165) is 10.8 Å². The summed E-state index contributed by atoms with van der Waals surface area (Å²) in [5, 5.41) is 15.8. The van der Waals surface area contributed by atoms with Gasteiger partial charge in [-0.25, -0.2) is 10.2 Å². The summed E-state index contributed by atoms with van der Waals surface area (Å²) in [6.07, 6.45) is 0. The number of aromatic hydroxyl groups is 1. The summed E-state index contributed by atoms with van der Waals surface area (Å²) < 4.78 is 10.4. The van der Waals surface area contributed by atoms with E-state index >= 15 is 0 Å². The molecule has 0 radical (unpaired) electrons. The second-order valence-corrected chi connectivity index (χ2v) is 5.93. The van der Waals surface area contributed by atoms with Gasteiger partial charge in [-0.05, 0) is 36.8 Å². The maximum Gasteiger partial charge on any atom is 0.348 e. The van der Waals surface area contributed by atoms with Crippen LogP contribution in [0.15, 0.2) is 62.8 Å². The highest BCUT2D eigenvalue weighted by atomic mass is 16.5. The molecule has 0 aliphatic heterocycles.